The van der Waals surface area contributed by atoms with E-state index in [1.165, 1.54) is 122 Å². The second-order valence-electron chi connectivity index (χ2n) is 16.3. The van der Waals surface area contributed by atoms with Gasteiger partial charge in [-0.1, -0.05) is 192 Å². The molecule has 0 aromatic heterocycles. The summed E-state index contributed by atoms with van der Waals surface area (Å²) in [5, 5.41) is 21.9. The Morgan fingerprint density at radius 2 is 0.932 bits per heavy atom. The van der Waals surface area contributed by atoms with Crippen molar-refractivity contribution in [3.05, 3.63) is 24.3 Å². The number of aliphatic hydroxyl groups is 1. The second-order valence-corrected chi connectivity index (χ2v) is 17.8. The maximum Gasteiger partial charge on any atom is 0.472 e. The van der Waals surface area contributed by atoms with E-state index in [0.717, 1.165) is 64.2 Å². The predicted octanol–water partition coefficient (Wildman–Crippen LogP) is 12.6. The molecule has 12 heteroatoms. The van der Waals surface area contributed by atoms with Crippen molar-refractivity contribution in [3.63, 3.8) is 0 Å². The molecule has 1 amide bonds. The first-order chi connectivity index (χ1) is 28.6. The monoisotopic (exact) mass is 858 g/mol. The van der Waals surface area contributed by atoms with Gasteiger partial charge in [0.2, 0.25) is 5.91 Å². The fourth-order valence-corrected chi connectivity index (χ4v) is 7.53. The lowest BCUT2D eigenvalue weighted by molar-refractivity contribution is -0.147. The molecule has 0 bridgehead atoms. The van der Waals surface area contributed by atoms with Crippen LogP contribution in [0.2, 0.25) is 0 Å². The first kappa shape index (κ1) is 57.0. The summed E-state index contributed by atoms with van der Waals surface area (Å²) >= 11 is 0. The Bertz CT molecular complexity index is 1100. The molecule has 0 saturated carbocycles. The van der Waals surface area contributed by atoms with Crippen molar-refractivity contribution in [2.24, 2.45) is 0 Å². The molecule has 0 aliphatic heterocycles. The lowest BCUT2D eigenvalue weighted by atomic mass is 10.0. The number of rotatable bonds is 45. The third kappa shape index (κ3) is 42.4. The molecule has 0 radical (unpaired) electrons. The van der Waals surface area contributed by atoms with Crippen molar-refractivity contribution < 1.29 is 47.8 Å². The first-order valence-electron chi connectivity index (χ1n) is 23.9. The number of amides is 1. The summed E-state index contributed by atoms with van der Waals surface area (Å²) in [5.41, 5.74) is 0. The number of carboxylic acids is 1. The first-order valence-corrected chi connectivity index (χ1v) is 25.4. The summed E-state index contributed by atoms with van der Waals surface area (Å²) in [4.78, 5) is 46.0. The highest BCUT2D eigenvalue weighted by molar-refractivity contribution is 7.47. The summed E-state index contributed by atoms with van der Waals surface area (Å²) in [7, 11) is -4.76. The molecule has 4 N–H and O–H groups in total. The molecule has 0 spiro atoms. The van der Waals surface area contributed by atoms with Gasteiger partial charge in [-0.15, -0.1) is 0 Å². The van der Waals surface area contributed by atoms with Crippen LogP contribution in [0.15, 0.2) is 24.3 Å². The van der Waals surface area contributed by atoms with Gasteiger partial charge in [-0.2, -0.15) is 0 Å². The number of nitrogens with one attached hydrogen (secondary N) is 1. The highest BCUT2D eigenvalue weighted by Crippen LogP contribution is 2.43. The number of aliphatic hydroxyl groups excluding tert-OH is 1. The Morgan fingerprint density at radius 3 is 1.41 bits per heavy atom. The minimum absolute atomic E-state index is 0.149. The molecule has 0 heterocycles. The van der Waals surface area contributed by atoms with Crippen LogP contribution < -0.4 is 5.32 Å². The molecule has 0 aromatic carbocycles. The van der Waals surface area contributed by atoms with E-state index in [0.29, 0.717) is 12.8 Å². The highest BCUT2D eigenvalue weighted by Gasteiger charge is 2.28. The normalized spacial score (nSPS) is 13.8. The molecule has 3 unspecified atom stereocenters. The molecule has 0 aromatic rings. The van der Waals surface area contributed by atoms with Crippen molar-refractivity contribution in [2.75, 3.05) is 19.8 Å². The largest absolute Gasteiger partial charge is 0.480 e. The highest BCUT2D eigenvalue weighted by atomic mass is 31.2. The van der Waals surface area contributed by atoms with Crippen LogP contribution in [-0.4, -0.2) is 64.9 Å². The van der Waals surface area contributed by atoms with Crippen LogP contribution in [0, 0.1) is 0 Å². The number of unbranched alkanes of at least 4 members (excludes halogenated alkanes) is 27. The number of phosphoric ester groups is 1. The summed E-state index contributed by atoms with van der Waals surface area (Å²) in [6.45, 7) is 2.58. The molecule has 59 heavy (non-hydrogen) atoms. The Morgan fingerprint density at radius 1 is 0.542 bits per heavy atom. The quantitative estimate of drug-likeness (QED) is 0.0200. The molecule has 0 aliphatic carbocycles. The molecule has 0 rings (SSSR count). The molecule has 3 atom stereocenters. The molecular weight excluding hydrogens is 769 g/mol. The lowest BCUT2D eigenvalue weighted by Gasteiger charge is -2.18. The van der Waals surface area contributed by atoms with Crippen LogP contribution in [0.1, 0.15) is 226 Å². The SMILES string of the molecule is CCCCC/C=C\C/C=C\CCCCCCCC(=O)OCC(O)COP(=O)(O)OCC(NC(=O)CCCCCCCCCCCCCCCCCCCCCC)C(=O)O. The fraction of sp³-hybridized carbons (Fsp3) is 0.851. The van der Waals surface area contributed by atoms with Gasteiger partial charge in [-0.25, -0.2) is 9.36 Å². The Hall–Kier alpha value is -2.04. The number of hydrogen-bond acceptors (Lipinski definition) is 8. The van der Waals surface area contributed by atoms with E-state index in [-0.39, 0.29) is 12.8 Å². The van der Waals surface area contributed by atoms with Crippen LogP contribution in [0.25, 0.3) is 0 Å². The van der Waals surface area contributed by atoms with Gasteiger partial charge in [0.05, 0.1) is 13.2 Å². The van der Waals surface area contributed by atoms with E-state index < -0.39 is 57.6 Å². The maximum atomic E-state index is 12.3. The topological polar surface area (TPSA) is 169 Å². The van der Waals surface area contributed by atoms with Gasteiger partial charge in [0.1, 0.15) is 12.7 Å². The number of phosphoric acid groups is 1. The molecule has 0 aliphatic rings. The van der Waals surface area contributed by atoms with Crippen LogP contribution in [0.4, 0.5) is 0 Å². The van der Waals surface area contributed by atoms with Crippen LogP contribution in [0.3, 0.4) is 0 Å². The number of hydrogen-bond donors (Lipinski definition) is 4. The fourth-order valence-electron chi connectivity index (χ4n) is 6.76. The number of allylic oxidation sites excluding steroid dienone is 4. The smallest absolute Gasteiger partial charge is 0.472 e. The summed E-state index contributed by atoms with van der Waals surface area (Å²) < 4.78 is 26.9. The van der Waals surface area contributed by atoms with Crippen molar-refractivity contribution in [1.29, 1.82) is 0 Å². The van der Waals surface area contributed by atoms with Crippen molar-refractivity contribution in [3.8, 4) is 0 Å². The van der Waals surface area contributed by atoms with Gasteiger partial charge in [0, 0.05) is 12.8 Å². The number of carbonyl (C=O) groups is 3. The average Bonchev–Trinajstić information content (AvgIpc) is 3.21. The standard InChI is InChI=1S/C47H88NO10P/c1-3-5-7-9-11-13-15-17-19-20-21-22-23-25-26-28-30-32-34-36-38-45(50)48-44(47(52)53)42-58-59(54,55)57-41-43(49)40-56-46(51)39-37-35-33-31-29-27-24-18-16-14-12-10-8-6-4-2/h12,14,18,24,43-44,49H,3-11,13,15-17,19-23,25-42H2,1-2H3,(H,48,50)(H,52,53)(H,54,55)/b14-12-,24-18-. The van der Waals surface area contributed by atoms with E-state index in [4.69, 9.17) is 13.8 Å². The summed E-state index contributed by atoms with van der Waals surface area (Å²) in [6.07, 6.45) is 44.8. The number of carbonyl (C=O) groups excluding carboxylic acids is 2. The second kappa shape index (κ2) is 42.6. The van der Waals surface area contributed by atoms with Gasteiger partial charge in [0.15, 0.2) is 6.04 Å². The van der Waals surface area contributed by atoms with Gasteiger partial charge >= 0.3 is 19.8 Å². The van der Waals surface area contributed by atoms with Gasteiger partial charge in [-0.05, 0) is 44.9 Å². The Labute approximate surface area is 359 Å². The van der Waals surface area contributed by atoms with Crippen molar-refractivity contribution in [2.45, 2.75) is 238 Å². The van der Waals surface area contributed by atoms with Crippen LogP contribution in [-0.2, 0) is 32.7 Å². The summed E-state index contributed by atoms with van der Waals surface area (Å²) in [5.74, 6) is -2.37. The van der Waals surface area contributed by atoms with Gasteiger partial charge in [0.25, 0.3) is 0 Å². The summed E-state index contributed by atoms with van der Waals surface area (Å²) in [6, 6.07) is -1.54. The maximum absolute atomic E-state index is 12.3. The van der Waals surface area contributed by atoms with Crippen molar-refractivity contribution >= 4 is 25.7 Å². The van der Waals surface area contributed by atoms with E-state index in [1.54, 1.807) is 0 Å². The average molecular weight is 858 g/mol. The predicted molar refractivity (Wildman–Crippen MR) is 240 cm³/mol. The zero-order valence-corrected chi connectivity index (χ0v) is 38.5. The van der Waals surface area contributed by atoms with Crippen LogP contribution in [0.5, 0.6) is 0 Å². The molecular formula is C47H88NO10P. The molecule has 346 valence electrons. The minimum atomic E-state index is -4.76. The number of esters is 1. The third-order valence-corrected chi connectivity index (χ3v) is 11.4. The number of aliphatic carboxylic acids is 1. The molecule has 0 saturated heterocycles. The van der Waals surface area contributed by atoms with E-state index >= 15 is 0 Å². The van der Waals surface area contributed by atoms with Gasteiger partial charge < -0.3 is 25.2 Å². The number of ether oxygens (including phenoxy) is 1. The lowest BCUT2D eigenvalue weighted by Crippen LogP contribution is -2.43. The Kier molecular flexibility index (Phi) is 41.2. The van der Waals surface area contributed by atoms with E-state index in [1.807, 2.05) is 0 Å². The molecule has 11 nitrogen and oxygen atoms in total. The number of carboxylic acid groups (broad SMARTS) is 1. The van der Waals surface area contributed by atoms with E-state index in [9.17, 15) is 34.1 Å². The van der Waals surface area contributed by atoms with Crippen molar-refractivity contribution in [1.82, 2.24) is 5.32 Å². The van der Waals surface area contributed by atoms with Gasteiger partial charge in [-0.3, -0.25) is 18.6 Å². The zero-order valence-electron chi connectivity index (χ0n) is 37.6. The molecule has 0 fully saturated rings. The minimum Gasteiger partial charge on any atom is -0.480 e. The van der Waals surface area contributed by atoms with Crippen LogP contribution >= 0.6 is 7.82 Å². The van der Waals surface area contributed by atoms with E-state index in [2.05, 4.69) is 43.5 Å². The zero-order chi connectivity index (χ0) is 43.5. The third-order valence-electron chi connectivity index (χ3n) is 10.5. The Balaban J connectivity index is 3.85.